The molecule has 0 unspecified atom stereocenters. The summed E-state index contributed by atoms with van der Waals surface area (Å²) in [6.45, 7) is 4.06. The van der Waals surface area contributed by atoms with Gasteiger partial charge < -0.3 is 4.74 Å². The maximum atomic E-state index is 12.6. The van der Waals surface area contributed by atoms with Crippen LogP contribution in [0.1, 0.15) is 16.2 Å². The first-order chi connectivity index (χ1) is 15.7. The number of carbonyl (C=O) groups is 1. The van der Waals surface area contributed by atoms with Gasteiger partial charge >= 0.3 is 5.91 Å². The molecule has 4 rings (SSSR count). The van der Waals surface area contributed by atoms with E-state index < -0.39 is 5.91 Å². The van der Waals surface area contributed by atoms with Crippen LogP contribution in [0.2, 0.25) is 0 Å². The molecule has 0 saturated heterocycles. The SMILES string of the molecule is C=CCOc1ccc(/C=N/NC(=O)c2nc(-c3ccccc3)n(-c3ccccc3)n2)cc1. The molecule has 0 bridgehead atoms. The molecule has 4 aromatic rings. The van der Waals surface area contributed by atoms with Crippen molar-refractivity contribution in [2.24, 2.45) is 5.10 Å². The lowest BCUT2D eigenvalue weighted by molar-refractivity contribution is 0.0945. The summed E-state index contributed by atoms with van der Waals surface area (Å²) in [4.78, 5) is 17.1. The number of aromatic nitrogens is 3. The highest BCUT2D eigenvalue weighted by atomic mass is 16.5. The first-order valence-corrected chi connectivity index (χ1v) is 9.99. The van der Waals surface area contributed by atoms with Crippen LogP contribution >= 0.6 is 0 Å². The summed E-state index contributed by atoms with van der Waals surface area (Å²) in [5.41, 5.74) is 4.95. The van der Waals surface area contributed by atoms with Crippen molar-refractivity contribution in [3.63, 3.8) is 0 Å². The number of ether oxygens (including phenoxy) is 1. The van der Waals surface area contributed by atoms with Gasteiger partial charge in [-0.25, -0.2) is 15.1 Å². The van der Waals surface area contributed by atoms with E-state index >= 15 is 0 Å². The maximum Gasteiger partial charge on any atom is 0.311 e. The predicted molar refractivity (Wildman–Crippen MR) is 124 cm³/mol. The summed E-state index contributed by atoms with van der Waals surface area (Å²) in [6.07, 6.45) is 3.22. The summed E-state index contributed by atoms with van der Waals surface area (Å²) in [5, 5.41) is 8.44. The Balaban J connectivity index is 1.52. The molecule has 0 fully saturated rings. The molecule has 0 atom stereocenters. The van der Waals surface area contributed by atoms with Gasteiger partial charge in [0.25, 0.3) is 0 Å². The number of hydrazone groups is 1. The summed E-state index contributed by atoms with van der Waals surface area (Å²) < 4.78 is 7.09. The number of rotatable bonds is 8. The van der Waals surface area contributed by atoms with Gasteiger partial charge in [-0.2, -0.15) is 5.10 Å². The van der Waals surface area contributed by atoms with E-state index in [4.69, 9.17) is 4.74 Å². The van der Waals surface area contributed by atoms with Crippen molar-refractivity contribution in [2.45, 2.75) is 0 Å². The van der Waals surface area contributed by atoms with Crippen molar-refractivity contribution >= 4 is 12.1 Å². The van der Waals surface area contributed by atoms with Crippen molar-refractivity contribution < 1.29 is 9.53 Å². The highest BCUT2D eigenvalue weighted by Crippen LogP contribution is 2.21. The van der Waals surface area contributed by atoms with E-state index in [1.54, 1.807) is 17.0 Å². The third-order valence-electron chi connectivity index (χ3n) is 4.47. The minimum atomic E-state index is -0.501. The molecule has 0 aliphatic rings. The molecule has 158 valence electrons. The molecule has 0 radical (unpaired) electrons. The molecule has 32 heavy (non-hydrogen) atoms. The fraction of sp³-hybridized carbons (Fsp3) is 0.0400. The van der Waals surface area contributed by atoms with Gasteiger partial charge in [0.1, 0.15) is 12.4 Å². The number of carbonyl (C=O) groups excluding carboxylic acids is 1. The number of hydrogen-bond acceptors (Lipinski definition) is 5. The Kier molecular flexibility index (Phi) is 6.48. The van der Waals surface area contributed by atoms with E-state index in [1.165, 1.54) is 0 Å². The van der Waals surface area contributed by atoms with Crippen LogP contribution in [-0.4, -0.2) is 33.5 Å². The second-order valence-corrected chi connectivity index (χ2v) is 6.74. The minimum Gasteiger partial charge on any atom is -0.490 e. The number of nitrogens with one attached hydrogen (secondary N) is 1. The molecule has 7 heteroatoms. The molecule has 1 amide bonds. The maximum absolute atomic E-state index is 12.6. The molecule has 0 spiro atoms. The molecule has 1 aromatic heterocycles. The zero-order valence-corrected chi connectivity index (χ0v) is 17.3. The first-order valence-electron chi connectivity index (χ1n) is 9.99. The number of benzene rings is 3. The van der Waals surface area contributed by atoms with Crippen LogP contribution in [-0.2, 0) is 0 Å². The van der Waals surface area contributed by atoms with E-state index in [0.717, 1.165) is 22.6 Å². The Labute approximate surface area is 185 Å². The highest BCUT2D eigenvalue weighted by Gasteiger charge is 2.18. The van der Waals surface area contributed by atoms with Gasteiger partial charge in [-0.1, -0.05) is 61.2 Å². The number of para-hydroxylation sites is 1. The van der Waals surface area contributed by atoms with Crippen molar-refractivity contribution in [2.75, 3.05) is 6.61 Å². The zero-order valence-electron chi connectivity index (χ0n) is 17.3. The Hall–Kier alpha value is -4.52. The number of hydrogen-bond donors (Lipinski definition) is 1. The van der Waals surface area contributed by atoms with Crippen LogP contribution < -0.4 is 10.2 Å². The smallest absolute Gasteiger partial charge is 0.311 e. The first kappa shape index (κ1) is 20.7. The summed E-state index contributed by atoms with van der Waals surface area (Å²) >= 11 is 0. The summed E-state index contributed by atoms with van der Waals surface area (Å²) in [5.74, 6) is 0.827. The van der Waals surface area contributed by atoms with Gasteiger partial charge in [0, 0.05) is 5.56 Å². The lowest BCUT2D eigenvalue weighted by Gasteiger charge is -2.05. The molecule has 7 nitrogen and oxygen atoms in total. The third kappa shape index (κ3) is 4.96. The molecule has 0 saturated carbocycles. The molecular formula is C25H21N5O2. The van der Waals surface area contributed by atoms with E-state index in [2.05, 4.69) is 27.2 Å². The highest BCUT2D eigenvalue weighted by molar-refractivity contribution is 5.92. The molecule has 0 aliphatic heterocycles. The minimum absolute atomic E-state index is 0.0260. The normalized spacial score (nSPS) is 10.8. The van der Waals surface area contributed by atoms with Crippen LogP contribution in [0, 0.1) is 0 Å². The second kappa shape index (κ2) is 9.99. The quantitative estimate of drug-likeness (QED) is 0.261. The van der Waals surface area contributed by atoms with Crippen molar-refractivity contribution in [1.82, 2.24) is 20.2 Å². The average molecular weight is 423 g/mol. The van der Waals surface area contributed by atoms with E-state index in [0.29, 0.717) is 12.4 Å². The number of nitrogens with zero attached hydrogens (tertiary/aromatic N) is 4. The Morgan fingerprint density at radius 1 is 1.00 bits per heavy atom. The molecule has 1 N–H and O–H groups in total. The molecule has 1 heterocycles. The second-order valence-electron chi connectivity index (χ2n) is 6.74. The third-order valence-corrected chi connectivity index (χ3v) is 4.47. The molecule has 0 aliphatic carbocycles. The van der Waals surface area contributed by atoms with Gasteiger partial charge in [-0.3, -0.25) is 4.79 Å². The van der Waals surface area contributed by atoms with Crippen LogP contribution in [0.15, 0.2) is 103 Å². The lowest BCUT2D eigenvalue weighted by atomic mass is 10.2. The standard InChI is InChI=1S/C25H21N5O2/c1-2-17-32-22-15-13-19(14-16-22)18-26-28-25(31)23-27-24(20-9-5-3-6-10-20)30(29-23)21-11-7-4-8-12-21/h2-16,18H,1,17H2,(H,28,31)/b26-18+. The van der Waals surface area contributed by atoms with Crippen LogP contribution in [0.25, 0.3) is 17.1 Å². The van der Waals surface area contributed by atoms with E-state index in [-0.39, 0.29) is 5.82 Å². The van der Waals surface area contributed by atoms with Gasteiger partial charge in [0.15, 0.2) is 5.82 Å². The van der Waals surface area contributed by atoms with Gasteiger partial charge in [-0.15, -0.1) is 5.10 Å². The zero-order chi connectivity index (χ0) is 22.2. The Bertz CT molecular complexity index is 1160. The monoisotopic (exact) mass is 423 g/mol. The summed E-state index contributed by atoms with van der Waals surface area (Å²) in [7, 11) is 0. The van der Waals surface area contributed by atoms with Crippen LogP contribution in [0.4, 0.5) is 0 Å². The Morgan fingerprint density at radius 2 is 1.69 bits per heavy atom. The predicted octanol–water partition coefficient (Wildman–Crippen LogP) is 4.26. The van der Waals surface area contributed by atoms with Gasteiger partial charge in [-0.05, 0) is 42.0 Å². The largest absolute Gasteiger partial charge is 0.490 e. The van der Waals surface area contributed by atoms with Crippen molar-refractivity contribution in [3.05, 3.63) is 109 Å². The topological polar surface area (TPSA) is 81.4 Å². The fourth-order valence-electron chi connectivity index (χ4n) is 2.95. The fourth-order valence-corrected chi connectivity index (χ4v) is 2.95. The summed E-state index contributed by atoms with van der Waals surface area (Å²) in [6, 6.07) is 26.5. The number of amides is 1. The van der Waals surface area contributed by atoms with Gasteiger partial charge in [0.05, 0.1) is 11.9 Å². The van der Waals surface area contributed by atoms with Gasteiger partial charge in [0.2, 0.25) is 5.82 Å². The molecular weight excluding hydrogens is 402 g/mol. The lowest BCUT2D eigenvalue weighted by Crippen LogP contribution is -2.19. The van der Waals surface area contributed by atoms with Crippen LogP contribution in [0.3, 0.4) is 0 Å². The van der Waals surface area contributed by atoms with E-state index in [9.17, 15) is 4.79 Å². The van der Waals surface area contributed by atoms with Crippen LogP contribution in [0.5, 0.6) is 5.75 Å². The average Bonchev–Trinajstić information content (AvgIpc) is 3.30. The molecule has 3 aromatic carbocycles. The van der Waals surface area contributed by atoms with Crippen molar-refractivity contribution in [1.29, 1.82) is 0 Å². The van der Waals surface area contributed by atoms with Crippen molar-refractivity contribution in [3.8, 4) is 22.8 Å². The Morgan fingerprint density at radius 3 is 2.38 bits per heavy atom. The van der Waals surface area contributed by atoms with E-state index in [1.807, 2.05) is 84.9 Å².